The van der Waals surface area contributed by atoms with Gasteiger partial charge in [-0.1, -0.05) is 90.4 Å². The molecule has 0 aliphatic rings. The molecule has 0 heterocycles. The van der Waals surface area contributed by atoms with Crippen molar-refractivity contribution in [3.63, 3.8) is 0 Å². The van der Waals surface area contributed by atoms with Gasteiger partial charge in [0, 0.05) is 0 Å². The molecule has 0 atom stereocenters. The first-order chi connectivity index (χ1) is 11.1. The van der Waals surface area contributed by atoms with Crippen molar-refractivity contribution >= 4 is 10.4 Å². The topological polar surface area (TPSA) is 52.6 Å². The van der Waals surface area contributed by atoms with E-state index in [1.54, 1.807) is 6.92 Å². The molecule has 0 aliphatic carbocycles. The first kappa shape index (κ1) is 22.9. The summed E-state index contributed by atoms with van der Waals surface area (Å²) in [4.78, 5) is 0. The van der Waals surface area contributed by atoms with Gasteiger partial charge in [0.1, 0.15) is 0 Å². The normalized spacial score (nSPS) is 11.9. The van der Waals surface area contributed by atoms with Crippen LogP contribution < -0.4 is 0 Å². The fourth-order valence-corrected chi connectivity index (χ4v) is 3.31. The lowest BCUT2D eigenvalue weighted by atomic mass is 10.0. The Morgan fingerprint density at radius 1 is 0.565 bits per heavy atom. The molecule has 0 rings (SSSR count). The Bertz CT molecular complexity index is 328. The molecule has 0 N–H and O–H groups in total. The van der Waals surface area contributed by atoms with E-state index in [0.717, 1.165) is 19.3 Å². The molecule has 0 spiro atoms. The van der Waals surface area contributed by atoms with E-state index in [2.05, 4.69) is 11.1 Å². The van der Waals surface area contributed by atoms with Crippen LogP contribution in [0, 0.1) is 0 Å². The minimum absolute atomic E-state index is 0.126. The molecule has 0 aliphatic heterocycles. The highest BCUT2D eigenvalue weighted by Gasteiger charge is 2.09. The monoisotopic (exact) mass is 350 g/mol. The van der Waals surface area contributed by atoms with Crippen LogP contribution in [0.15, 0.2) is 0 Å². The van der Waals surface area contributed by atoms with Gasteiger partial charge in [0.25, 0.3) is 0 Å². The van der Waals surface area contributed by atoms with Crippen molar-refractivity contribution in [3.05, 3.63) is 0 Å². The van der Waals surface area contributed by atoms with Gasteiger partial charge in [0.05, 0.1) is 13.2 Å². The molecular formula is C18H38O4S. The van der Waals surface area contributed by atoms with Gasteiger partial charge in [0.15, 0.2) is 0 Å². The zero-order valence-electron chi connectivity index (χ0n) is 15.4. The second kappa shape index (κ2) is 16.7. The summed E-state index contributed by atoms with van der Waals surface area (Å²) in [7, 11) is -3.75. The summed E-state index contributed by atoms with van der Waals surface area (Å²) in [6.07, 6.45) is 17.9. The largest absolute Gasteiger partial charge is 0.399 e. The van der Waals surface area contributed by atoms with Gasteiger partial charge in [-0.05, 0) is 13.3 Å². The van der Waals surface area contributed by atoms with Crippen molar-refractivity contribution < 1.29 is 16.8 Å². The molecule has 0 fully saturated rings. The standard InChI is InChI=1S/C18H38O4S/c1-3-5-6-7-8-9-10-11-12-13-14-15-16-17-18-22-23(19,20)21-4-2/h3-18H2,1-2H3. The third kappa shape index (κ3) is 18.1. The predicted molar refractivity (Wildman–Crippen MR) is 96.8 cm³/mol. The van der Waals surface area contributed by atoms with Gasteiger partial charge < -0.3 is 0 Å². The maximum absolute atomic E-state index is 11.1. The molecule has 0 aromatic rings. The Kier molecular flexibility index (Phi) is 16.6. The summed E-state index contributed by atoms with van der Waals surface area (Å²) in [5.41, 5.74) is 0. The van der Waals surface area contributed by atoms with Crippen LogP contribution in [0.25, 0.3) is 0 Å². The third-order valence-corrected chi connectivity index (χ3v) is 4.97. The van der Waals surface area contributed by atoms with Crippen LogP contribution in [0.3, 0.4) is 0 Å². The van der Waals surface area contributed by atoms with Crippen molar-refractivity contribution in [3.8, 4) is 0 Å². The molecule has 0 aromatic heterocycles. The van der Waals surface area contributed by atoms with E-state index in [4.69, 9.17) is 4.18 Å². The molecule has 140 valence electrons. The molecule has 0 saturated carbocycles. The van der Waals surface area contributed by atoms with Crippen LogP contribution >= 0.6 is 0 Å². The smallest absolute Gasteiger partial charge is 0.248 e. The van der Waals surface area contributed by atoms with Crippen LogP contribution in [-0.2, 0) is 18.8 Å². The summed E-state index contributed by atoms with van der Waals surface area (Å²) < 4.78 is 31.5. The Labute approximate surface area is 144 Å². The van der Waals surface area contributed by atoms with Crippen LogP contribution in [0.4, 0.5) is 0 Å². The van der Waals surface area contributed by atoms with Crippen molar-refractivity contribution in [2.24, 2.45) is 0 Å². The molecule has 4 nitrogen and oxygen atoms in total. The molecule has 5 heteroatoms. The van der Waals surface area contributed by atoms with Crippen molar-refractivity contribution in [2.45, 2.75) is 104 Å². The summed E-state index contributed by atoms with van der Waals surface area (Å²) in [6.45, 7) is 4.25. The number of rotatable bonds is 18. The number of hydrogen-bond acceptors (Lipinski definition) is 4. The average Bonchev–Trinajstić information content (AvgIpc) is 2.51. The molecule has 0 saturated heterocycles. The van der Waals surface area contributed by atoms with Gasteiger partial charge in [-0.25, -0.2) is 8.37 Å². The summed E-state index contributed by atoms with van der Waals surface area (Å²) in [6, 6.07) is 0. The number of unbranched alkanes of at least 4 members (excludes halogenated alkanes) is 13. The van der Waals surface area contributed by atoms with E-state index in [1.165, 1.54) is 70.6 Å². The summed E-state index contributed by atoms with van der Waals surface area (Å²) in [5.74, 6) is 0. The van der Waals surface area contributed by atoms with Crippen LogP contribution in [0.2, 0.25) is 0 Å². The lowest BCUT2D eigenvalue weighted by Gasteiger charge is -2.05. The van der Waals surface area contributed by atoms with Crippen LogP contribution in [0.1, 0.15) is 104 Å². The van der Waals surface area contributed by atoms with E-state index in [9.17, 15) is 8.42 Å². The lowest BCUT2D eigenvalue weighted by molar-refractivity contribution is 0.218. The van der Waals surface area contributed by atoms with Crippen molar-refractivity contribution in [2.75, 3.05) is 13.2 Å². The third-order valence-electron chi connectivity index (χ3n) is 3.99. The van der Waals surface area contributed by atoms with Crippen LogP contribution in [-0.4, -0.2) is 21.6 Å². The Hall–Kier alpha value is -0.130. The Morgan fingerprint density at radius 3 is 1.35 bits per heavy atom. The second-order valence-corrected chi connectivity index (χ2v) is 7.52. The molecule has 0 radical (unpaired) electrons. The highest BCUT2D eigenvalue weighted by Crippen LogP contribution is 2.13. The van der Waals surface area contributed by atoms with Gasteiger partial charge >= 0.3 is 10.4 Å². The summed E-state index contributed by atoms with van der Waals surface area (Å²) >= 11 is 0. The molecule has 0 amide bonds. The Balaban J connectivity index is 3.14. The van der Waals surface area contributed by atoms with Crippen LogP contribution in [0.5, 0.6) is 0 Å². The van der Waals surface area contributed by atoms with Gasteiger partial charge in [0.2, 0.25) is 0 Å². The predicted octanol–water partition coefficient (Wildman–Crippen LogP) is 5.77. The van der Waals surface area contributed by atoms with Crippen molar-refractivity contribution in [1.82, 2.24) is 0 Å². The van der Waals surface area contributed by atoms with E-state index >= 15 is 0 Å². The highest BCUT2D eigenvalue weighted by molar-refractivity contribution is 7.81. The molecule has 0 bridgehead atoms. The van der Waals surface area contributed by atoms with E-state index < -0.39 is 10.4 Å². The van der Waals surface area contributed by atoms with E-state index in [-0.39, 0.29) is 13.2 Å². The maximum Gasteiger partial charge on any atom is 0.399 e. The van der Waals surface area contributed by atoms with Crippen molar-refractivity contribution in [1.29, 1.82) is 0 Å². The Morgan fingerprint density at radius 2 is 0.957 bits per heavy atom. The fraction of sp³-hybridized carbons (Fsp3) is 1.00. The fourth-order valence-electron chi connectivity index (χ4n) is 2.64. The lowest BCUT2D eigenvalue weighted by Crippen LogP contribution is -2.10. The van der Waals surface area contributed by atoms with Gasteiger partial charge in [-0.15, -0.1) is 0 Å². The molecule has 23 heavy (non-hydrogen) atoms. The molecular weight excluding hydrogens is 312 g/mol. The van der Waals surface area contributed by atoms with Gasteiger partial charge in [-0.2, -0.15) is 8.42 Å². The second-order valence-electron chi connectivity index (χ2n) is 6.23. The summed E-state index contributed by atoms with van der Waals surface area (Å²) in [5, 5.41) is 0. The van der Waals surface area contributed by atoms with E-state index in [1.807, 2.05) is 0 Å². The zero-order chi connectivity index (χ0) is 17.2. The minimum atomic E-state index is -3.75. The molecule has 0 unspecified atom stereocenters. The first-order valence-corrected chi connectivity index (χ1v) is 11.0. The average molecular weight is 351 g/mol. The van der Waals surface area contributed by atoms with Gasteiger partial charge in [-0.3, -0.25) is 0 Å². The minimum Gasteiger partial charge on any atom is -0.248 e. The number of hydrogen-bond donors (Lipinski definition) is 0. The van der Waals surface area contributed by atoms with E-state index in [0.29, 0.717) is 0 Å². The quantitative estimate of drug-likeness (QED) is 0.295. The SMILES string of the molecule is CCCCCCCCCCCCCCCCOS(=O)(=O)OCC. The maximum atomic E-state index is 11.1. The first-order valence-electron chi connectivity index (χ1n) is 9.66. The zero-order valence-corrected chi connectivity index (χ0v) is 16.2. The molecule has 0 aromatic carbocycles. The highest BCUT2D eigenvalue weighted by atomic mass is 32.3.